The lowest BCUT2D eigenvalue weighted by Crippen LogP contribution is -2.15. The van der Waals surface area contributed by atoms with Crippen LogP contribution in [0.2, 0.25) is 0 Å². The molecule has 1 heteroatoms. The zero-order valence-corrected chi connectivity index (χ0v) is 32.8. The van der Waals surface area contributed by atoms with Crippen LogP contribution in [0.1, 0.15) is 25.0 Å². The van der Waals surface area contributed by atoms with E-state index in [1.54, 1.807) is 0 Å². The summed E-state index contributed by atoms with van der Waals surface area (Å²) < 4.78 is 0. The maximum Gasteiger partial charge on any atom is 0.0546 e. The molecule has 0 aliphatic heterocycles. The zero-order valence-electron chi connectivity index (χ0n) is 32.8. The Morgan fingerprint density at radius 1 is 0.276 bits per heavy atom. The van der Waals surface area contributed by atoms with Gasteiger partial charge in [-0.15, -0.1) is 0 Å². The lowest BCUT2D eigenvalue weighted by molar-refractivity contribution is 0.660. The average molecular weight is 742 g/mol. The SMILES string of the molecule is CC1(C)c2ccccc2-c2c(-c3ccccc3N(c3ccc(-c4ccccc4)cc3)c3cccc(-c4ccccc4)c3-c3ccccc3-c3ccccc3)cccc21. The maximum absolute atomic E-state index is 2.50. The van der Waals surface area contributed by atoms with Crippen molar-refractivity contribution in [3.05, 3.63) is 236 Å². The number of anilines is 3. The number of hydrogen-bond acceptors (Lipinski definition) is 1. The van der Waals surface area contributed by atoms with Gasteiger partial charge in [-0.25, -0.2) is 0 Å². The van der Waals surface area contributed by atoms with Gasteiger partial charge in [-0.3, -0.25) is 0 Å². The maximum atomic E-state index is 2.50. The zero-order chi connectivity index (χ0) is 39.1. The number of hydrogen-bond donors (Lipinski definition) is 0. The van der Waals surface area contributed by atoms with Crippen LogP contribution in [-0.4, -0.2) is 0 Å². The Bertz CT molecular complexity index is 2890. The molecule has 10 rings (SSSR count). The monoisotopic (exact) mass is 741 g/mol. The third-order valence-corrected chi connectivity index (χ3v) is 11.9. The molecule has 0 bridgehead atoms. The Hall–Kier alpha value is -7.22. The highest BCUT2D eigenvalue weighted by Crippen LogP contribution is 2.55. The summed E-state index contributed by atoms with van der Waals surface area (Å²) in [6.45, 7) is 4.72. The van der Waals surface area contributed by atoms with E-state index in [9.17, 15) is 0 Å². The van der Waals surface area contributed by atoms with Crippen molar-refractivity contribution < 1.29 is 0 Å². The predicted molar refractivity (Wildman–Crippen MR) is 246 cm³/mol. The third kappa shape index (κ3) is 6.04. The van der Waals surface area contributed by atoms with Gasteiger partial charge < -0.3 is 4.90 Å². The van der Waals surface area contributed by atoms with E-state index in [1.165, 1.54) is 77.9 Å². The molecule has 1 nitrogen and oxygen atoms in total. The molecular formula is C57H43N. The summed E-state index contributed by atoms with van der Waals surface area (Å²) in [7, 11) is 0. The Labute approximate surface area is 342 Å². The average Bonchev–Trinajstić information content (AvgIpc) is 3.53. The van der Waals surface area contributed by atoms with Crippen LogP contribution in [0.5, 0.6) is 0 Å². The van der Waals surface area contributed by atoms with Gasteiger partial charge in [0, 0.05) is 22.2 Å². The summed E-state index contributed by atoms with van der Waals surface area (Å²) in [4.78, 5) is 2.50. The van der Waals surface area contributed by atoms with E-state index < -0.39 is 0 Å². The van der Waals surface area contributed by atoms with E-state index in [2.05, 4.69) is 243 Å². The van der Waals surface area contributed by atoms with Gasteiger partial charge >= 0.3 is 0 Å². The highest BCUT2D eigenvalue weighted by Gasteiger charge is 2.37. The standard InChI is InChI=1S/C57H43N/c1-57(2)51-32-16-14-29-50(51)55-49(31-18-33-52(55)57)47-27-15-17-34-53(47)58(44-38-36-41(37-39-44)40-20-6-3-7-21-40)54-35-19-30-46(43-24-10-5-11-25-43)56(54)48-28-13-12-26-45(48)42-22-8-4-9-23-42/h3-39H,1-2H3. The summed E-state index contributed by atoms with van der Waals surface area (Å²) in [6.07, 6.45) is 0. The molecule has 0 unspecified atom stereocenters. The fraction of sp³-hybridized carbons (Fsp3) is 0.0526. The van der Waals surface area contributed by atoms with Gasteiger partial charge in [-0.2, -0.15) is 0 Å². The van der Waals surface area contributed by atoms with Gasteiger partial charge in [0.25, 0.3) is 0 Å². The first-order chi connectivity index (χ1) is 28.6. The van der Waals surface area contributed by atoms with Crippen molar-refractivity contribution >= 4 is 17.1 Å². The van der Waals surface area contributed by atoms with Crippen molar-refractivity contribution in [3.8, 4) is 66.8 Å². The molecule has 0 saturated heterocycles. The fourth-order valence-electron chi connectivity index (χ4n) is 9.16. The first-order valence-electron chi connectivity index (χ1n) is 20.2. The normalized spacial score (nSPS) is 12.4. The van der Waals surface area contributed by atoms with Gasteiger partial charge in [0.2, 0.25) is 0 Å². The fourth-order valence-corrected chi connectivity index (χ4v) is 9.16. The van der Waals surface area contributed by atoms with Gasteiger partial charge in [0.05, 0.1) is 11.4 Å². The van der Waals surface area contributed by atoms with Gasteiger partial charge in [0.15, 0.2) is 0 Å². The Morgan fingerprint density at radius 3 is 1.41 bits per heavy atom. The first-order valence-corrected chi connectivity index (χ1v) is 20.2. The van der Waals surface area contributed by atoms with E-state index in [0.29, 0.717) is 0 Å². The molecule has 1 aliphatic rings. The summed E-state index contributed by atoms with van der Waals surface area (Å²) in [5, 5.41) is 0. The molecule has 0 fully saturated rings. The topological polar surface area (TPSA) is 3.24 Å². The molecule has 0 saturated carbocycles. The summed E-state index contributed by atoms with van der Waals surface area (Å²) in [6, 6.07) is 81.9. The molecular weight excluding hydrogens is 699 g/mol. The minimum Gasteiger partial charge on any atom is -0.309 e. The summed E-state index contributed by atoms with van der Waals surface area (Å²) >= 11 is 0. The van der Waals surface area contributed by atoms with Gasteiger partial charge in [0.1, 0.15) is 0 Å². The molecule has 0 atom stereocenters. The van der Waals surface area contributed by atoms with Crippen LogP contribution in [0.25, 0.3) is 66.8 Å². The number of para-hydroxylation sites is 1. The molecule has 0 heterocycles. The third-order valence-electron chi connectivity index (χ3n) is 11.9. The number of nitrogens with zero attached hydrogens (tertiary/aromatic N) is 1. The largest absolute Gasteiger partial charge is 0.309 e. The van der Waals surface area contributed by atoms with E-state index in [1.807, 2.05) is 0 Å². The molecule has 58 heavy (non-hydrogen) atoms. The smallest absolute Gasteiger partial charge is 0.0546 e. The predicted octanol–water partition coefficient (Wildman–Crippen LogP) is 15.8. The van der Waals surface area contributed by atoms with E-state index >= 15 is 0 Å². The van der Waals surface area contributed by atoms with Crippen LogP contribution in [0.4, 0.5) is 17.1 Å². The molecule has 0 spiro atoms. The Morgan fingerprint density at radius 2 is 0.724 bits per heavy atom. The van der Waals surface area contributed by atoms with Crippen LogP contribution in [0.3, 0.4) is 0 Å². The highest BCUT2D eigenvalue weighted by molar-refractivity contribution is 6.04. The van der Waals surface area contributed by atoms with Gasteiger partial charge in [-0.1, -0.05) is 214 Å². The Balaban J connectivity index is 1.27. The van der Waals surface area contributed by atoms with Crippen LogP contribution >= 0.6 is 0 Å². The summed E-state index contributed by atoms with van der Waals surface area (Å²) in [5.41, 5.74) is 20.5. The molecule has 0 radical (unpaired) electrons. The number of benzene rings is 9. The highest BCUT2D eigenvalue weighted by atomic mass is 15.1. The second-order valence-corrected chi connectivity index (χ2v) is 15.6. The van der Waals surface area contributed by atoms with Gasteiger partial charge in [-0.05, 0) is 91.0 Å². The second-order valence-electron chi connectivity index (χ2n) is 15.6. The Kier molecular flexibility index (Phi) is 8.92. The molecule has 9 aromatic carbocycles. The van der Waals surface area contributed by atoms with Crippen molar-refractivity contribution in [1.82, 2.24) is 0 Å². The molecule has 1 aliphatic carbocycles. The minimum atomic E-state index is -0.109. The molecule has 0 N–H and O–H groups in total. The molecule has 0 aromatic heterocycles. The van der Waals surface area contributed by atoms with Crippen LogP contribution in [0.15, 0.2) is 224 Å². The molecule has 276 valence electrons. The minimum absolute atomic E-state index is 0.109. The van der Waals surface area contributed by atoms with Crippen molar-refractivity contribution in [2.45, 2.75) is 19.3 Å². The lowest BCUT2D eigenvalue weighted by atomic mass is 9.82. The quantitative estimate of drug-likeness (QED) is 0.150. The van der Waals surface area contributed by atoms with Crippen molar-refractivity contribution in [3.63, 3.8) is 0 Å². The summed E-state index contributed by atoms with van der Waals surface area (Å²) in [5.74, 6) is 0. The number of rotatable bonds is 8. The van der Waals surface area contributed by atoms with Crippen LogP contribution in [-0.2, 0) is 5.41 Å². The molecule has 0 amide bonds. The van der Waals surface area contributed by atoms with Crippen molar-refractivity contribution in [1.29, 1.82) is 0 Å². The number of fused-ring (bicyclic) bond motifs is 3. The molecule has 9 aromatic rings. The second kappa shape index (κ2) is 14.7. The van der Waals surface area contributed by atoms with Crippen molar-refractivity contribution in [2.75, 3.05) is 4.90 Å². The van der Waals surface area contributed by atoms with E-state index in [4.69, 9.17) is 0 Å². The first kappa shape index (κ1) is 35.2. The van der Waals surface area contributed by atoms with E-state index in [-0.39, 0.29) is 5.41 Å². The van der Waals surface area contributed by atoms with Crippen molar-refractivity contribution in [2.24, 2.45) is 0 Å². The van der Waals surface area contributed by atoms with Crippen LogP contribution in [0, 0.1) is 0 Å². The van der Waals surface area contributed by atoms with Crippen LogP contribution < -0.4 is 4.90 Å². The lowest BCUT2D eigenvalue weighted by Gasteiger charge is -2.32. The van der Waals surface area contributed by atoms with E-state index in [0.717, 1.165) is 17.1 Å².